The number of aryl methyl sites for hydroxylation is 1. The Labute approximate surface area is 120 Å². The standard InChI is InChI=1S/C14H16BrN3O/c1-2-18-8-17-7-12(18)14-6-11(16)10-4-3-9(15)5-13(10)19-14/h3-5,7-8,11,14H,2,6,16H2,1H3/t11-,14?/m1/s1. The summed E-state index contributed by atoms with van der Waals surface area (Å²) < 4.78 is 9.20. The van der Waals surface area contributed by atoms with Crippen molar-refractivity contribution in [3.05, 3.63) is 46.5 Å². The summed E-state index contributed by atoms with van der Waals surface area (Å²) in [6.07, 6.45) is 4.45. The minimum absolute atomic E-state index is 0.00190. The Morgan fingerprint density at radius 2 is 2.37 bits per heavy atom. The van der Waals surface area contributed by atoms with E-state index in [1.54, 1.807) is 0 Å². The van der Waals surface area contributed by atoms with Crippen molar-refractivity contribution in [2.45, 2.75) is 32.0 Å². The largest absolute Gasteiger partial charge is 0.484 e. The number of fused-ring (bicyclic) bond motifs is 1. The second-order valence-corrected chi connectivity index (χ2v) is 5.65. The van der Waals surface area contributed by atoms with Crippen LogP contribution in [0, 0.1) is 0 Å². The molecule has 1 aliphatic heterocycles. The molecular formula is C14H16BrN3O. The summed E-state index contributed by atoms with van der Waals surface area (Å²) in [5, 5.41) is 0. The molecule has 0 spiro atoms. The molecule has 0 bridgehead atoms. The molecule has 3 rings (SSSR count). The van der Waals surface area contributed by atoms with Gasteiger partial charge in [-0.3, -0.25) is 0 Å². The fourth-order valence-electron chi connectivity index (χ4n) is 2.52. The lowest BCUT2D eigenvalue weighted by Gasteiger charge is -2.30. The van der Waals surface area contributed by atoms with E-state index in [4.69, 9.17) is 10.5 Å². The molecule has 1 unspecified atom stereocenters. The summed E-state index contributed by atoms with van der Waals surface area (Å²) in [6.45, 7) is 2.98. The first-order valence-corrected chi connectivity index (χ1v) is 7.20. The lowest BCUT2D eigenvalue weighted by Crippen LogP contribution is -2.25. The van der Waals surface area contributed by atoms with E-state index >= 15 is 0 Å². The fraction of sp³-hybridized carbons (Fsp3) is 0.357. The Kier molecular flexibility index (Phi) is 3.33. The number of aromatic nitrogens is 2. The normalized spacial score (nSPS) is 21.8. The predicted octanol–water partition coefficient (Wildman–Crippen LogP) is 3.19. The molecule has 4 nitrogen and oxygen atoms in total. The number of nitrogens with zero attached hydrogens (tertiary/aromatic N) is 2. The maximum atomic E-state index is 6.26. The van der Waals surface area contributed by atoms with E-state index in [9.17, 15) is 0 Å². The van der Waals surface area contributed by atoms with Gasteiger partial charge < -0.3 is 15.0 Å². The Balaban J connectivity index is 1.96. The number of rotatable bonds is 2. The van der Waals surface area contributed by atoms with Gasteiger partial charge in [0.05, 0.1) is 18.2 Å². The molecule has 0 amide bonds. The number of halogens is 1. The Morgan fingerprint density at radius 1 is 1.53 bits per heavy atom. The highest BCUT2D eigenvalue weighted by Gasteiger charge is 2.28. The summed E-state index contributed by atoms with van der Waals surface area (Å²) in [4.78, 5) is 4.20. The molecule has 1 aromatic carbocycles. The molecule has 2 heterocycles. The molecule has 19 heavy (non-hydrogen) atoms. The molecule has 2 atom stereocenters. The van der Waals surface area contributed by atoms with Crippen molar-refractivity contribution in [1.29, 1.82) is 0 Å². The highest BCUT2D eigenvalue weighted by molar-refractivity contribution is 9.10. The van der Waals surface area contributed by atoms with Gasteiger partial charge in [-0.1, -0.05) is 22.0 Å². The Morgan fingerprint density at radius 3 is 3.16 bits per heavy atom. The van der Waals surface area contributed by atoms with Gasteiger partial charge in [0.15, 0.2) is 0 Å². The van der Waals surface area contributed by atoms with Crippen molar-refractivity contribution in [3.63, 3.8) is 0 Å². The van der Waals surface area contributed by atoms with Crippen LogP contribution in [0.5, 0.6) is 5.75 Å². The van der Waals surface area contributed by atoms with Gasteiger partial charge in [-0.15, -0.1) is 0 Å². The first kappa shape index (κ1) is 12.7. The molecule has 0 saturated carbocycles. The van der Waals surface area contributed by atoms with Gasteiger partial charge in [-0.25, -0.2) is 4.98 Å². The summed E-state index contributed by atoms with van der Waals surface area (Å²) in [6, 6.07) is 6.01. The average Bonchev–Trinajstić information content (AvgIpc) is 2.86. The second-order valence-electron chi connectivity index (χ2n) is 4.74. The van der Waals surface area contributed by atoms with Gasteiger partial charge in [-0.05, 0) is 19.1 Å². The third-order valence-corrected chi connectivity index (χ3v) is 4.02. The van der Waals surface area contributed by atoms with Crippen molar-refractivity contribution >= 4 is 15.9 Å². The third kappa shape index (κ3) is 2.28. The highest BCUT2D eigenvalue weighted by Crippen LogP contribution is 2.40. The van der Waals surface area contributed by atoms with E-state index in [1.165, 1.54) is 0 Å². The maximum Gasteiger partial charge on any atom is 0.142 e. The number of hydrogen-bond acceptors (Lipinski definition) is 3. The Hall–Kier alpha value is -1.33. The first-order valence-electron chi connectivity index (χ1n) is 6.40. The van der Waals surface area contributed by atoms with Gasteiger partial charge in [0.2, 0.25) is 0 Å². The zero-order chi connectivity index (χ0) is 13.4. The van der Waals surface area contributed by atoms with Crippen LogP contribution in [0.3, 0.4) is 0 Å². The van der Waals surface area contributed by atoms with Crippen molar-refractivity contribution in [3.8, 4) is 5.75 Å². The number of nitrogens with two attached hydrogens (primary N) is 1. The highest BCUT2D eigenvalue weighted by atomic mass is 79.9. The van der Waals surface area contributed by atoms with Gasteiger partial charge >= 0.3 is 0 Å². The zero-order valence-electron chi connectivity index (χ0n) is 10.7. The summed E-state index contributed by atoms with van der Waals surface area (Å²) >= 11 is 3.47. The van der Waals surface area contributed by atoms with E-state index in [0.717, 1.165) is 34.4 Å². The predicted molar refractivity (Wildman–Crippen MR) is 77.0 cm³/mol. The topological polar surface area (TPSA) is 53.1 Å². The van der Waals surface area contributed by atoms with Gasteiger partial charge in [0.1, 0.15) is 11.9 Å². The van der Waals surface area contributed by atoms with Crippen molar-refractivity contribution in [1.82, 2.24) is 9.55 Å². The number of imidazole rings is 1. The molecular weight excluding hydrogens is 306 g/mol. The molecule has 2 N–H and O–H groups in total. The van der Waals surface area contributed by atoms with Gasteiger partial charge in [0, 0.05) is 29.0 Å². The van der Waals surface area contributed by atoms with Gasteiger partial charge in [-0.2, -0.15) is 0 Å². The van der Waals surface area contributed by atoms with Crippen LogP contribution in [0.4, 0.5) is 0 Å². The fourth-order valence-corrected chi connectivity index (χ4v) is 2.86. The monoisotopic (exact) mass is 321 g/mol. The van der Waals surface area contributed by atoms with Crippen molar-refractivity contribution in [2.24, 2.45) is 5.73 Å². The van der Waals surface area contributed by atoms with Crippen molar-refractivity contribution < 1.29 is 4.74 Å². The molecule has 0 radical (unpaired) electrons. The van der Waals surface area contributed by atoms with E-state index < -0.39 is 0 Å². The minimum atomic E-state index is -0.0285. The molecule has 0 saturated heterocycles. The van der Waals surface area contributed by atoms with Crippen LogP contribution < -0.4 is 10.5 Å². The summed E-state index contributed by atoms with van der Waals surface area (Å²) in [5.74, 6) is 0.863. The zero-order valence-corrected chi connectivity index (χ0v) is 12.3. The lowest BCUT2D eigenvalue weighted by molar-refractivity contribution is 0.153. The first-order chi connectivity index (χ1) is 9.19. The van der Waals surface area contributed by atoms with E-state index in [-0.39, 0.29) is 12.1 Å². The third-order valence-electron chi connectivity index (χ3n) is 3.53. The average molecular weight is 322 g/mol. The van der Waals surface area contributed by atoms with Crippen LogP contribution in [-0.4, -0.2) is 9.55 Å². The smallest absolute Gasteiger partial charge is 0.142 e. The van der Waals surface area contributed by atoms with Crippen LogP contribution in [0.1, 0.15) is 36.7 Å². The Bertz CT molecular complexity index is 596. The number of ether oxygens (including phenoxy) is 1. The SMILES string of the molecule is CCn1cncc1C1C[C@@H](N)c2ccc(Br)cc2O1. The van der Waals surface area contributed by atoms with Crippen LogP contribution in [-0.2, 0) is 6.54 Å². The van der Waals surface area contributed by atoms with E-state index in [2.05, 4.69) is 32.4 Å². The summed E-state index contributed by atoms with van der Waals surface area (Å²) in [7, 11) is 0. The molecule has 0 aliphatic carbocycles. The molecule has 1 aliphatic rings. The summed E-state index contributed by atoms with van der Waals surface area (Å²) in [5.41, 5.74) is 8.42. The molecule has 0 fully saturated rings. The number of benzene rings is 1. The van der Waals surface area contributed by atoms with Crippen LogP contribution in [0.2, 0.25) is 0 Å². The molecule has 5 heteroatoms. The van der Waals surface area contributed by atoms with Crippen LogP contribution in [0.15, 0.2) is 35.2 Å². The quantitative estimate of drug-likeness (QED) is 0.924. The molecule has 1 aromatic heterocycles. The van der Waals surface area contributed by atoms with Gasteiger partial charge in [0.25, 0.3) is 0 Å². The van der Waals surface area contributed by atoms with Crippen LogP contribution in [0.25, 0.3) is 0 Å². The molecule has 100 valence electrons. The minimum Gasteiger partial charge on any atom is -0.484 e. The van der Waals surface area contributed by atoms with E-state index in [1.807, 2.05) is 30.7 Å². The lowest BCUT2D eigenvalue weighted by atomic mass is 9.96. The number of hydrogen-bond donors (Lipinski definition) is 1. The van der Waals surface area contributed by atoms with Crippen LogP contribution >= 0.6 is 15.9 Å². The van der Waals surface area contributed by atoms with E-state index in [0.29, 0.717) is 0 Å². The van der Waals surface area contributed by atoms with Crippen molar-refractivity contribution in [2.75, 3.05) is 0 Å². The maximum absolute atomic E-state index is 6.26. The second kappa shape index (κ2) is 4.98. The molecule has 2 aromatic rings.